The second-order valence-electron chi connectivity index (χ2n) is 6.14. The summed E-state index contributed by atoms with van der Waals surface area (Å²) >= 11 is 2.17. The molecule has 29 heavy (non-hydrogen) atoms. The number of carbonyl (C=O) groups excluding carboxylic acids is 4. The highest BCUT2D eigenvalue weighted by molar-refractivity contribution is 8.14. The lowest BCUT2D eigenvalue weighted by Crippen LogP contribution is -2.27. The number of anilines is 2. The number of hydrogen-bond donors (Lipinski definition) is 2. The van der Waals surface area contributed by atoms with E-state index >= 15 is 0 Å². The van der Waals surface area contributed by atoms with Gasteiger partial charge in [-0.25, -0.2) is 0 Å². The van der Waals surface area contributed by atoms with Crippen LogP contribution in [-0.2, 0) is 20.9 Å². The molecule has 9 nitrogen and oxygen atoms in total. The number of aromatic nitrogens is 1. The van der Waals surface area contributed by atoms with Crippen molar-refractivity contribution in [2.24, 2.45) is 0 Å². The van der Waals surface area contributed by atoms with Crippen LogP contribution in [0.25, 0.3) is 0 Å². The SMILES string of the molecule is Cc1cc(NC(=O)CSCC(=O)Nc2ccc(CN3C(=O)CSC3=O)cc2)no1. The highest BCUT2D eigenvalue weighted by atomic mass is 32.2. The molecule has 11 heteroatoms. The highest BCUT2D eigenvalue weighted by Crippen LogP contribution is 2.22. The second-order valence-corrected chi connectivity index (χ2v) is 8.06. The summed E-state index contributed by atoms with van der Waals surface area (Å²) < 4.78 is 4.86. The number of amides is 4. The van der Waals surface area contributed by atoms with Gasteiger partial charge in [0.05, 0.1) is 23.8 Å². The number of hydrogen-bond acceptors (Lipinski definition) is 8. The molecule has 2 aromatic rings. The molecule has 0 saturated carbocycles. The van der Waals surface area contributed by atoms with Crippen LogP contribution in [-0.4, -0.2) is 50.3 Å². The van der Waals surface area contributed by atoms with Gasteiger partial charge in [0.15, 0.2) is 5.82 Å². The summed E-state index contributed by atoms with van der Waals surface area (Å²) in [6.45, 7) is 1.94. The van der Waals surface area contributed by atoms with Gasteiger partial charge in [-0.05, 0) is 24.6 Å². The zero-order valence-corrected chi connectivity index (χ0v) is 17.1. The molecule has 1 aromatic heterocycles. The average molecular weight is 434 g/mol. The van der Waals surface area contributed by atoms with Gasteiger partial charge in [-0.2, -0.15) is 0 Å². The monoisotopic (exact) mass is 434 g/mol. The van der Waals surface area contributed by atoms with E-state index < -0.39 is 0 Å². The van der Waals surface area contributed by atoms with Crippen LogP contribution < -0.4 is 10.6 Å². The Labute approximate surface area is 174 Å². The molecule has 1 aliphatic rings. The number of benzene rings is 1. The van der Waals surface area contributed by atoms with E-state index in [1.807, 2.05) is 0 Å². The lowest BCUT2D eigenvalue weighted by atomic mass is 10.2. The van der Waals surface area contributed by atoms with Gasteiger partial charge in [0, 0.05) is 11.8 Å². The molecule has 1 saturated heterocycles. The number of nitrogens with one attached hydrogen (secondary N) is 2. The first-order valence-electron chi connectivity index (χ1n) is 8.57. The van der Waals surface area contributed by atoms with Gasteiger partial charge < -0.3 is 15.2 Å². The van der Waals surface area contributed by atoms with Gasteiger partial charge >= 0.3 is 0 Å². The topological polar surface area (TPSA) is 122 Å². The van der Waals surface area contributed by atoms with E-state index in [-0.39, 0.29) is 46.8 Å². The summed E-state index contributed by atoms with van der Waals surface area (Å²) in [5, 5.41) is 8.74. The number of nitrogens with zero attached hydrogens (tertiary/aromatic N) is 2. The van der Waals surface area contributed by atoms with Crippen molar-refractivity contribution in [2.45, 2.75) is 13.5 Å². The first kappa shape index (κ1) is 20.9. The Hall–Kier alpha value is -2.79. The Morgan fingerprint density at radius 1 is 1.17 bits per heavy atom. The van der Waals surface area contributed by atoms with E-state index in [9.17, 15) is 19.2 Å². The molecular formula is C18H18N4O5S2. The summed E-state index contributed by atoms with van der Waals surface area (Å²) in [6.07, 6.45) is 0. The third kappa shape index (κ3) is 6.09. The lowest BCUT2D eigenvalue weighted by Gasteiger charge is -2.13. The third-order valence-corrected chi connectivity index (χ3v) is 5.57. The molecule has 2 N–H and O–H groups in total. The van der Waals surface area contributed by atoms with Crippen LogP contribution in [0.4, 0.5) is 16.3 Å². The Balaban J connectivity index is 1.39. The quantitative estimate of drug-likeness (QED) is 0.650. The van der Waals surface area contributed by atoms with Crippen molar-refractivity contribution < 1.29 is 23.7 Å². The molecule has 152 valence electrons. The normalized spacial score (nSPS) is 13.6. The lowest BCUT2D eigenvalue weighted by molar-refractivity contribution is -0.125. The van der Waals surface area contributed by atoms with Crippen molar-refractivity contribution in [3.63, 3.8) is 0 Å². The second kappa shape index (κ2) is 9.61. The van der Waals surface area contributed by atoms with E-state index in [1.165, 1.54) is 16.7 Å². The Kier molecular flexibility index (Phi) is 6.94. The van der Waals surface area contributed by atoms with Gasteiger partial charge in [-0.15, -0.1) is 11.8 Å². The van der Waals surface area contributed by atoms with Crippen molar-refractivity contribution in [2.75, 3.05) is 27.9 Å². The number of imide groups is 1. The van der Waals surface area contributed by atoms with E-state index in [4.69, 9.17) is 4.52 Å². The number of thioether (sulfide) groups is 2. The molecule has 0 atom stereocenters. The predicted octanol–water partition coefficient (Wildman–Crippen LogP) is 2.49. The molecule has 0 unspecified atom stereocenters. The molecule has 4 amide bonds. The molecular weight excluding hydrogens is 416 g/mol. The fourth-order valence-electron chi connectivity index (χ4n) is 2.45. The van der Waals surface area contributed by atoms with E-state index in [1.54, 1.807) is 37.3 Å². The standard InChI is InChI=1S/C18H18N4O5S2/c1-11-6-14(21-27-11)20-16(24)9-28-8-15(23)19-13-4-2-12(3-5-13)7-22-17(25)10-29-18(22)26/h2-6H,7-10H2,1H3,(H,19,23)(H,20,21,24). The van der Waals surface area contributed by atoms with Gasteiger partial charge in [-0.1, -0.05) is 29.1 Å². The molecule has 0 bridgehead atoms. The molecule has 3 rings (SSSR count). The fourth-order valence-corrected chi connectivity index (χ4v) is 3.79. The van der Waals surface area contributed by atoms with Crippen molar-refractivity contribution >= 4 is 58.0 Å². The van der Waals surface area contributed by atoms with Crippen LogP contribution in [0, 0.1) is 6.92 Å². The van der Waals surface area contributed by atoms with Gasteiger partial charge in [0.2, 0.25) is 17.7 Å². The summed E-state index contributed by atoms with van der Waals surface area (Å²) in [5.41, 5.74) is 1.39. The number of carbonyl (C=O) groups is 4. The molecule has 0 spiro atoms. The molecule has 0 aliphatic carbocycles. The fraction of sp³-hybridized carbons (Fsp3) is 0.278. The highest BCUT2D eigenvalue weighted by Gasteiger charge is 2.29. The molecule has 0 radical (unpaired) electrons. The van der Waals surface area contributed by atoms with E-state index in [0.29, 0.717) is 17.3 Å². The first-order valence-corrected chi connectivity index (χ1v) is 10.7. The minimum Gasteiger partial charge on any atom is -0.360 e. The minimum absolute atomic E-state index is 0.105. The summed E-state index contributed by atoms with van der Waals surface area (Å²) in [7, 11) is 0. The number of rotatable bonds is 8. The maximum atomic E-state index is 12.0. The first-order chi connectivity index (χ1) is 13.9. The van der Waals surface area contributed by atoms with Gasteiger partial charge in [0.1, 0.15) is 5.76 Å². The van der Waals surface area contributed by atoms with Gasteiger partial charge in [-0.3, -0.25) is 24.1 Å². The summed E-state index contributed by atoms with van der Waals surface area (Å²) in [4.78, 5) is 48.3. The zero-order chi connectivity index (χ0) is 20.8. The van der Waals surface area contributed by atoms with Crippen LogP contribution in [0.15, 0.2) is 34.9 Å². The Morgan fingerprint density at radius 2 is 1.86 bits per heavy atom. The smallest absolute Gasteiger partial charge is 0.289 e. The zero-order valence-electron chi connectivity index (χ0n) is 15.5. The van der Waals surface area contributed by atoms with Crippen molar-refractivity contribution in [3.05, 3.63) is 41.7 Å². The Morgan fingerprint density at radius 3 is 2.45 bits per heavy atom. The van der Waals surface area contributed by atoms with Crippen LogP contribution in [0.1, 0.15) is 11.3 Å². The van der Waals surface area contributed by atoms with Crippen LogP contribution in [0.2, 0.25) is 0 Å². The molecule has 1 fully saturated rings. The molecule has 1 aromatic carbocycles. The minimum atomic E-state index is -0.273. The number of aryl methyl sites for hydroxylation is 1. The average Bonchev–Trinajstić information content (AvgIpc) is 3.23. The Bertz CT molecular complexity index is 913. The van der Waals surface area contributed by atoms with Gasteiger partial charge in [0.25, 0.3) is 5.24 Å². The summed E-state index contributed by atoms with van der Waals surface area (Å²) in [6, 6.07) is 8.51. The van der Waals surface area contributed by atoms with Crippen molar-refractivity contribution in [3.8, 4) is 0 Å². The maximum Gasteiger partial charge on any atom is 0.289 e. The molecule has 2 heterocycles. The van der Waals surface area contributed by atoms with E-state index in [0.717, 1.165) is 17.3 Å². The predicted molar refractivity (Wildman–Crippen MR) is 111 cm³/mol. The van der Waals surface area contributed by atoms with E-state index in [2.05, 4.69) is 15.8 Å². The van der Waals surface area contributed by atoms with Crippen LogP contribution in [0.5, 0.6) is 0 Å². The largest absolute Gasteiger partial charge is 0.360 e. The summed E-state index contributed by atoms with van der Waals surface area (Å²) in [5.74, 6) is 0.621. The van der Waals surface area contributed by atoms with Crippen molar-refractivity contribution in [1.29, 1.82) is 0 Å². The van der Waals surface area contributed by atoms with Crippen molar-refractivity contribution in [1.82, 2.24) is 10.1 Å². The molecule has 1 aliphatic heterocycles. The van der Waals surface area contributed by atoms with Crippen LogP contribution >= 0.6 is 23.5 Å². The maximum absolute atomic E-state index is 12.0. The third-order valence-electron chi connectivity index (χ3n) is 3.78. The van der Waals surface area contributed by atoms with Crippen LogP contribution in [0.3, 0.4) is 0 Å².